The Balaban J connectivity index is 2.01. The van der Waals surface area contributed by atoms with Crippen molar-refractivity contribution in [1.29, 1.82) is 0 Å². The first-order valence-electron chi connectivity index (χ1n) is 8.03. The predicted octanol–water partition coefficient (Wildman–Crippen LogP) is 3.45. The Hall–Kier alpha value is -1.61. The molecule has 0 saturated carbocycles. The van der Waals surface area contributed by atoms with Crippen LogP contribution in [-0.4, -0.2) is 30.2 Å². The van der Waals surface area contributed by atoms with E-state index in [9.17, 15) is 0 Å². The van der Waals surface area contributed by atoms with Crippen LogP contribution in [0, 0.1) is 5.92 Å². The van der Waals surface area contributed by atoms with E-state index in [1.54, 1.807) is 0 Å². The maximum Gasteiger partial charge on any atom is 0.0450 e. The van der Waals surface area contributed by atoms with Crippen molar-refractivity contribution in [2.24, 2.45) is 5.92 Å². The molecule has 3 rings (SSSR count). The summed E-state index contributed by atoms with van der Waals surface area (Å²) in [4.78, 5) is 6.85. The molecule has 1 saturated heterocycles. The number of piperazine rings is 1. The van der Waals surface area contributed by atoms with Crippen LogP contribution in [0.2, 0.25) is 0 Å². The number of nitrogens with zero attached hydrogens (tertiary/aromatic N) is 2. The van der Waals surface area contributed by atoms with Crippen molar-refractivity contribution in [2.45, 2.75) is 39.3 Å². The first-order valence-corrected chi connectivity index (χ1v) is 8.03. The van der Waals surface area contributed by atoms with Crippen molar-refractivity contribution >= 4 is 16.5 Å². The maximum atomic E-state index is 4.25. The van der Waals surface area contributed by atoms with Crippen LogP contribution in [-0.2, 0) is 0 Å². The molecule has 1 aromatic carbocycles. The summed E-state index contributed by atoms with van der Waals surface area (Å²) >= 11 is 0. The number of rotatable bonds is 3. The monoisotopic (exact) mass is 283 g/mol. The molecule has 2 heterocycles. The molecule has 112 valence electrons. The fraction of sp³-hybridized carbons (Fsp3) is 0.500. The molecule has 1 aliphatic rings. The smallest absolute Gasteiger partial charge is 0.0450 e. The van der Waals surface area contributed by atoms with Gasteiger partial charge in [0.05, 0.1) is 0 Å². The lowest BCUT2D eigenvalue weighted by Crippen LogP contribution is -2.58. The van der Waals surface area contributed by atoms with Gasteiger partial charge < -0.3 is 10.2 Å². The van der Waals surface area contributed by atoms with Crippen LogP contribution in [0.4, 0.5) is 5.69 Å². The molecular weight excluding hydrogens is 258 g/mol. The summed E-state index contributed by atoms with van der Waals surface area (Å²) in [5.41, 5.74) is 1.36. The quantitative estimate of drug-likeness (QED) is 0.935. The van der Waals surface area contributed by atoms with E-state index < -0.39 is 0 Å². The van der Waals surface area contributed by atoms with Crippen LogP contribution < -0.4 is 10.2 Å². The summed E-state index contributed by atoms with van der Waals surface area (Å²) in [6, 6.07) is 9.83. The summed E-state index contributed by atoms with van der Waals surface area (Å²) in [6.07, 6.45) is 5.02. The normalized spacial score (nSPS) is 23.0. The van der Waals surface area contributed by atoms with Gasteiger partial charge in [-0.3, -0.25) is 4.98 Å². The minimum absolute atomic E-state index is 0.560. The summed E-state index contributed by atoms with van der Waals surface area (Å²) < 4.78 is 0. The number of anilines is 1. The number of pyridine rings is 1. The van der Waals surface area contributed by atoms with Crippen LogP contribution in [0.5, 0.6) is 0 Å². The molecule has 2 unspecified atom stereocenters. The van der Waals surface area contributed by atoms with Gasteiger partial charge >= 0.3 is 0 Å². The molecule has 2 atom stereocenters. The number of hydrogen-bond acceptors (Lipinski definition) is 3. The number of fused-ring (bicyclic) bond motifs is 1. The molecule has 0 aliphatic carbocycles. The molecule has 1 aliphatic heterocycles. The first kappa shape index (κ1) is 14.3. The number of benzene rings is 1. The third-order valence-electron chi connectivity index (χ3n) is 4.69. The van der Waals surface area contributed by atoms with E-state index in [0.717, 1.165) is 13.1 Å². The largest absolute Gasteiger partial charge is 0.365 e. The average Bonchev–Trinajstić information content (AvgIpc) is 2.53. The molecule has 21 heavy (non-hydrogen) atoms. The summed E-state index contributed by atoms with van der Waals surface area (Å²) in [5.74, 6) is 0.655. The van der Waals surface area contributed by atoms with Crippen molar-refractivity contribution in [1.82, 2.24) is 10.3 Å². The van der Waals surface area contributed by atoms with E-state index in [-0.39, 0.29) is 0 Å². The fourth-order valence-electron chi connectivity index (χ4n) is 3.29. The van der Waals surface area contributed by atoms with Crippen molar-refractivity contribution in [3.63, 3.8) is 0 Å². The highest BCUT2D eigenvalue weighted by atomic mass is 15.2. The topological polar surface area (TPSA) is 28.2 Å². The van der Waals surface area contributed by atoms with Crippen molar-refractivity contribution < 1.29 is 0 Å². The van der Waals surface area contributed by atoms with Crippen molar-refractivity contribution in [3.05, 3.63) is 36.7 Å². The van der Waals surface area contributed by atoms with Gasteiger partial charge in [-0.05, 0) is 24.5 Å². The van der Waals surface area contributed by atoms with E-state index >= 15 is 0 Å². The number of hydrogen-bond donors (Lipinski definition) is 1. The van der Waals surface area contributed by atoms with Crippen LogP contribution in [0.15, 0.2) is 36.7 Å². The molecule has 0 bridgehead atoms. The van der Waals surface area contributed by atoms with Gasteiger partial charge in [-0.25, -0.2) is 0 Å². The fourth-order valence-corrected chi connectivity index (χ4v) is 3.29. The zero-order chi connectivity index (χ0) is 14.8. The molecular formula is C18H25N3. The number of aromatic nitrogens is 1. The lowest BCUT2D eigenvalue weighted by atomic mass is 9.97. The molecule has 2 aromatic rings. The third-order valence-corrected chi connectivity index (χ3v) is 4.69. The lowest BCUT2D eigenvalue weighted by molar-refractivity contribution is 0.325. The minimum Gasteiger partial charge on any atom is -0.365 e. The molecule has 3 nitrogen and oxygen atoms in total. The van der Waals surface area contributed by atoms with Gasteiger partial charge in [0.2, 0.25) is 0 Å². The zero-order valence-electron chi connectivity index (χ0n) is 13.2. The Kier molecular flexibility index (Phi) is 4.11. The van der Waals surface area contributed by atoms with Crippen LogP contribution in [0.25, 0.3) is 10.8 Å². The molecule has 3 heteroatoms. The number of nitrogens with one attached hydrogen (secondary N) is 1. The van der Waals surface area contributed by atoms with E-state index in [2.05, 4.69) is 60.2 Å². The third kappa shape index (κ3) is 2.75. The van der Waals surface area contributed by atoms with Crippen molar-refractivity contribution in [2.75, 3.05) is 18.0 Å². The molecule has 0 radical (unpaired) electrons. The summed E-state index contributed by atoms with van der Waals surface area (Å²) in [6.45, 7) is 9.03. The SMILES string of the molecule is CCC1CNC(C(C)C)CN1c1cccc2cnccc12. The van der Waals surface area contributed by atoms with E-state index in [4.69, 9.17) is 0 Å². The summed E-state index contributed by atoms with van der Waals surface area (Å²) in [7, 11) is 0. The Bertz CT molecular complexity index is 603. The Morgan fingerprint density at radius 2 is 2.19 bits per heavy atom. The van der Waals surface area contributed by atoms with Gasteiger partial charge in [0, 0.05) is 54.0 Å². The first-order chi connectivity index (χ1) is 10.2. The molecule has 1 N–H and O–H groups in total. The maximum absolute atomic E-state index is 4.25. The highest BCUT2D eigenvalue weighted by molar-refractivity contribution is 5.93. The Morgan fingerprint density at radius 3 is 2.95 bits per heavy atom. The van der Waals surface area contributed by atoms with Crippen LogP contribution >= 0.6 is 0 Å². The van der Waals surface area contributed by atoms with Gasteiger partial charge in [-0.1, -0.05) is 32.9 Å². The molecule has 0 spiro atoms. The minimum atomic E-state index is 0.560. The van der Waals surface area contributed by atoms with Gasteiger partial charge in [0.15, 0.2) is 0 Å². The Morgan fingerprint density at radius 1 is 1.33 bits per heavy atom. The second-order valence-corrected chi connectivity index (χ2v) is 6.35. The predicted molar refractivity (Wildman–Crippen MR) is 89.8 cm³/mol. The second-order valence-electron chi connectivity index (χ2n) is 6.35. The lowest BCUT2D eigenvalue weighted by Gasteiger charge is -2.43. The Labute approximate surface area is 127 Å². The van der Waals surface area contributed by atoms with Crippen LogP contribution in [0.1, 0.15) is 27.2 Å². The van der Waals surface area contributed by atoms with Gasteiger partial charge in [0.25, 0.3) is 0 Å². The van der Waals surface area contributed by atoms with E-state index in [0.29, 0.717) is 18.0 Å². The van der Waals surface area contributed by atoms with Gasteiger partial charge in [0.1, 0.15) is 0 Å². The average molecular weight is 283 g/mol. The summed E-state index contributed by atoms with van der Waals surface area (Å²) in [5, 5.41) is 6.25. The zero-order valence-corrected chi connectivity index (χ0v) is 13.2. The highest BCUT2D eigenvalue weighted by Gasteiger charge is 2.29. The second kappa shape index (κ2) is 6.02. The molecule has 0 amide bonds. The standard InChI is InChI=1S/C18H25N3/c1-4-15-11-20-17(13(2)3)12-21(15)18-7-5-6-14-10-19-9-8-16(14)18/h5-10,13,15,17,20H,4,11-12H2,1-3H3. The van der Waals surface area contributed by atoms with Crippen molar-refractivity contribution in [3.8, 4) is 0 Å². The van der Waals surface area contributed by atoms with E-state index in [1.807, 2.05) is 12.4 Å². The highest BCUT2D eigenvalue weighted by Crippen LogP contribution is 2.30. The van der Waals surface area contributed by atoms with Gasteiger partial charge in [-0.2, -0.15) is 0 Å². The molecule has 1 fully saturated rings. The van der Waals surface area contributed by atoms with Gasteiger partial charge in [-0.15, -0.1) is 0 Å². The molecule has 1 aromatic heterocycles. The van der Waals surface area contributed by atoms with Crippen LogP contribution in [0.3, 0.4) is 0 Å². The van der Waals surface area contributed by atoms with E-state index in [1.165, 1.54) is 22.9 Å².